The number of halogens is 1. The summed E-state index contributed by atoms with van der Waals surface area (Å²) in [5.74, 6) is -0.931. The molecule has 0 radical (unpaired) electrons. The van der Waals surface area contributed by atoms with E-state index in [4.69, 9.17) is 11.6 Å². The normalized spacial score (nSPS) is 9.67. The van der Waals surface area contributed by atoms with Gasteiger partial charge < -0.3 is 10.6 Å². The van der Waals surface area contributed by atoms with E-state index in [1.165, 1.54) is 19.2 Å². The SMILES string of the molecule is CNC(=O)CNC(=O)c1ccc([N+](=O)[O-])cc1Cl. The Balaban J connectivity index is 2.81. The van der Waals surface area contributed by atoms with Crippen molar-refractivity contribution in [2.45, 2.75) is 0 Å². The van der Waals surface area contributed by atoms with Crippen LogP contribution in [0.2, 0.25) is 5.02 Å². The summed E-state index contributed by atoms with van der Waals surface area (Å²) in [6, 6.07) is 3.48. The van der Waals surface area contributed by atoms with Gasteiger partial charge in [-0.2, -0.15) is 0 Å². The van der Waals surface area contributed by atoms with Crippen molar-refractivity contribution in [3.05, 3.63) is 38.9 Å². The van der Waals surface area contributed by atoms with Crippen LogP contribution in [-0.4, -0.2) is 30.3 Å². The van der Waals surface area contributed by atoms with E-state index in [1.807, 2.05) is 0 Å². The van der Waals surface area contributed by atoms with Gasteiger partial charge in [-0.05, 0) is 6.07 Å². The molecule has 1 aromatic carbocycles. The quantitative estimate of drug-likeness (QED) is 0.622. The van der Waals surface area contributed by atoms with Crippen LogP contribution in [0.5, 0.6) is 0 Å². The third kappa shape index (κ3) is 3.42. The molecule has 0 bridgehead atoms. The highest BCUT2D eigenvalue weighted by molar-refractivity contribution is 6.34. The Morgan fingerprint density at radius 3 is 2.61 bits per heavy atom. The van der Waals surface area contributed by atoms with Crippen LogP contribution >= 0.6 is 11.6 Å². The molecule has 0 aliphatic carbocycles. The Hall–Kier alpha value is -2.15. The number of carbonyl (C=O) groups is 2. The van der Waals surface area contributed by atoms with Gasteiger partial charge in [0.1, 0.15) is 0 Å². The maximum atomic E-state index is 11.6. The minimum Gasteiger partial charge on any atom is -0.358 e. The van der Waals surface area contributed by atoms with Crippen molar-refractivity contribution in [1.82, 2.24) is 10.6 Å². The Labute approximate surface area is 107 Å². The Morgan fingerprint density at radius 1 is 1.44 bits per heavy atom. The third-order valence-electron chi connectivity index (χ3n) is 2.10. The number of nitrogens with one attached hydrogen (secondary N) is 2. The molecule has 0 aromatic heterocycles. The van der Waals surface area contributed by atoms with Crippen LogP contribution in [0.3, 0.4) is 0 Å². The molecule has 0 saturated carbocycles. The first-order valence-electron chi connectivity index (χ1n) is 4.88. The van der Waals surface area contributed by atoms with Gasteiger partial charge in [-0.15, -0.1) is 0 Å². The van der Waals surface area contributed by atoms with Crippen LogP contribution in [0.1, 0.15) is 10.4 Å². The predicted molar refractivity (Wildman–Crippen MR) is 64.5 cm³/mol. The molecule has 8 heteroatoms. The van der Waals surface area contributed by atoms with Crippen molar-refractivity contribution in [3.63, 3.8) is 0 Å². The smallest absolute Gasteiger partial charge is 0.270 e. The molecule has 2 amide bonds. The Morgan fingerprint density at radius 2 is 2.11 bits per heavy atom. The van der Waals surface area contributed by atoms with E-state index in [2.05, 4.69) is 10.6 Å². The van der Waals surface area contributed by atoms with Gasteiger partial charge in [0.05, 0.1) is 22.1 Å². The summed E-state index contributed by atoms with van der Waals surface area (Å²) in [4.78, 5) is 32.4. The van der Waals surface area contributed by atoms with Crippen molar-refractivity contribution < 1.29 is 14.5 Å². The number of benzene rings is 1. The second kappa shape index (κ2) is 5.97. The average molecular weight is 272 g/mol. The van der Waals surface area contributed by atoms with E-state index in [0.29, 0.717) is 0 Å². The number of nitro benzene ring substituents is 1. The predicted octanol–water partition coefficient (Wildman–Crippen LogP) is 0.724. The molecule has 18 heavy (non-hydrogen) atoms. The second-order valence-corrected chi connectivity index (χ2v) is 3.68. The molecule has 0 heterocycles. The summed E-state index contributed by atoms with van der Waals surface area (Å²) >= 11 is 5.75. The lowest BCUT2D eigenvalue weighted by atomic mass is 10.2. The number of nitrogens with zero attached hydrogens (tertiary/aromatic N) is 1. The number of likely N-dealkylation sites (N-methyl/N-ethyl adjacent to an activating group) is 1. The van der Waals surface area contributed by atoms with Crippen molar-refractivity contribution in [2.24, 2.45) is 0 Å². The lowest BCUT2D eigenvalue weighted by molar-refractivity contribution is -0.384. The number of amides is 2. The molecule has 7 nitrogen and oxygen atoms in total. The van der Waals surface area contributed by atoms with Crippen LogP contribution in [0.15, 0.2) is 18.2 Å². The number of carbonyl (C=O) groups excluding carboxylic acids is 2. The largest absolute Gasteiger partial charge is 0.358 e. The number of hydrogen-bond donors (Lipinski definition) is 2. The maximum Gasteiger partial charge on any atom is 0.270 e. The van der Waals surface area contributed by atoms with Gasteiger partial charge in [-0.3, -0.25) is 19.7 Å². The summed E-state index contributed by atoms with van der Waals surface area (Å²) in [7, 11) is 1.44. The zero-order valence-electron chi connectivity index (χ0n) is 9.40. The summed E-state index contributed by atoms with van der Waals surface area (Å²) in [5, 5.41) is 15.1. The molecular weight excluding hydrogens is 262 g/mol. The van der Waals surface area contributed by atoms with Crippen LogP contribution in [-0.2, 0) is 4.79 Å². The summed E-state index contributed by atoms with van der Waals surface area (Å²) in [5.41, 5.74) is -0.131. The zero-order chi connectivity index (χ0) is 13.7. The lowest BCUT2D eigenvalue weighted by Crippen LogP contribution is -2.35. The van der Waals surface area contributed by atoms with Crippen molar-refractivity contribution >= 4 is 29.1 Å². The van der Waals surface area contributed by atoms with Crippen LogP contribution in [0.25, 0.3) is 0 Å². The van der Waals surface area contributed by atoms with Crippen LogP contribution in [0.4, 0.5) is 5.69 Å². The number of hydrogen-bond acceptors (Lipinski definition) is 4. The van der Waals surface area contributed by atoms with Gasteiger partial charge in [0, 0.05) is 19.2 Å². The number of non-ortho nitro benzene ring substituents is 1. The Bertz CT molecular complexity index is 504. The topological polar surface area (TPSA) is 101 Å². The molecular formula is C10H10ClN3O4. The molecule has 2 N–H and O–H groups in total. The first kappa shape index (κ1) is 13.9. The molecule has 1 rings (SSSR count). The summed E-state index contributed by atoms with van der Waals surface area (Å²) < 4.78 is 0. The van der Waals surface area contributed by atoms with Gasteiger partial charge in [0.2, 0.25) is 5.91 Å². The van der Waals surface area contributed by atoms with E-state index >= 15 is 0 Å². The first-order valence-corrected chi connectivity index (χ1v) is 5.26. The van der Waals surface area contributed by atoms with Crippen LogP contribution < -0.4 is 10.6 Å². The lowest BCUT2D eigenvalue weighted by Gasteiger charge is -2.05. The molecule has 0 spiro atoms. The summed E-state index contributed by atoms with van der Waals surface area (Å²) in [6.07, 6.45) is 0. The molecule has 0 aliphatic heterocycles. The fraction of sp³-hybridized carbons (Fsp3) is 0.200. The van der Waals surface area contributed by atoms with Crippen molar-refractivity contribution in [2.75, 3.05) is 13.6 Å². The fourth-order valence-corrected chi connectivity index (χ4v) is 1.41. The first-order chi connectivity index (χ1) is 8.45. The highest BCUT2D eigenvalue weighted by Gasteiger charge is 2.15. The molecule has 0 aliphatic rings. The maximum absolute atomic E-state index is 11.6. The molecule has 0 fully saturated rings. The Kier molecular flexibility index (Phi) is 4.61. The standard InChI is InChI=1S/C10H10ClN3O4/c1-12-9(15)5-13-10(16)7-3-2-6(14(17)18)4-8(7)11/h2-4H,5H2,1H3,(H,12,15)(H,13,16). The van der Waals surface area contributed by atoms with E-state index in [1.54, 1.807) is 0 Å². The highest BCUT2D eigenvalue weighted by Crippen LogP contribution is 2.22. The number of rotatable bonds is 4. The van der Waals surface area contributed by atoms with E-state index < -0.39 is 10.8 Å². The van der Waals surface area contributed by atoms with Gasteiger partial charge in [0.25, 0.3) is 11.6 Å². The molecule has 96 valence electrons. The van der Waals surface area contributed by atoms with Gasteiger partial charge in [-0.1, -0.05) is 11.6 Å². The minimum absolute atomic E-state index is 0.0430. The molecule has 0 unspecified atom stereocenters. The second-order valence-electron chi connectivity index (χ2n) is 3.28. The highest BCUT2D eigenvalue weighted by atomic mass is 35.5. The monoisotopic (exact) mass is 271 g/mol. The van der Waals surface area contributed by atoms with E-state index in [-0.39, 0.29) is 28.7 Å². The summed E-state index contributed by atoms with van der Waals surface area (Å²) in [6.45, 7) is -0.192. The molecule has 0 atom stereocenters. The van der Waals surface area contributed by atoms with Gasteiger partial charge in [-0.25, -0.2) is 0 Å². The fourth-order valence-electron chi connectivity index (χ4n) is 1.15. The van der Waals surface area contributed by atoms with E-state index in [0.717, 1.165) is 6.07 Å². The van der Waals surface area contributed by atoms with Crippen molar-refractivity contribution in [1.29, 1.82) is 0 Å². The zero-order valence-corrected chi connectivity index (χ0v) is 10.2. The van der Waals surface area contributed by atoms with Gasteiger partial charge >= 0.3 is 0 Å². The van der Waals surface area contributed by atoms with Gasteiger partial charge in [0.15, 0.2) is 0 Å². The molecule has 1 aromatic rings. The molecule has 0 saturated heterocycles. The average Bonchev–Trinajstić information content (AvgIpc) is 2.35. The van der Waals surface area contributed by atoms with Crippen molar-refractivity contribution in [3.8, 4) is 0 Å². The minimum atomic E-state index is -0.613. The number of nitro groups is 1. The van der Waals surface area contributed by atoms with Crippen LogP contribution in [0, 0.1) is 10.1 Å². The third-order valence-corrected chi connectivity index (χ3v) is 2.41. The van der Waals surface area contributed by atoms with E-state index in [9.17, 15) is 19.7 Å².